The van der Waals surface area contributed by atoms with E-state index >= 15 is 0 Å². The standard InChI is InChI=1S/C30H30O5/c1-19(2)28(31)33-24-13-8-21(9-14-24)23-12-17-26(27(18-23)35-30(5,6)7)22-10-15-25(16-11-22)34-29(32)20(3)4/h8-18H,1,3H2,2,4-7H3. The van der Waals surface area contributed by atoms with Gasteiger partial charge >= 0.3 is 11.9 Å². The van der Waals surface area contributed by atoms with Gasteiger partial charge in [-0.25, -0.2) is 9.59 Å². The number of esters is 2. The molecule has 3 aromatic carbocycles. The van der Waals surface area contributed by atoms with Crippen LogP contribution >= 0.6 is 0 Å². The molecule has 0 radical (unpaired) electrons. The minimum absolute atomic E-state index is 0.340. The number of benzene rings is 3. The molecular weight excluding hydrogens is 440 g/mol. The third-order valence-corrected chi connectivity index (χ3v) is 4.87. The lowest BCUT2D eigenvalue weighted by molar-refractivity contribution is -0.130. The monoisotopic (exact) mass is 470 g/mol. The molecule has 0 spiro atoms. The zero-order valence-electron chi connectivity index (χ0n) is 20.8. The molecule has 3 rings (SSSR count). The summed E-state index contributed by atoms with van der Waals surface area (Å²) >= 11 is 0. The lowest BCUT2D eigenvalue weighted by Gasteiger charge is -2.24. The Morgan fingerprint density at radius 2 is 1.09 bits per heavy atom. The van der Waals surface area contributed by atoms with Crippen LogP contribution in [0.5, 0.6) is 17.2 Å². The van der Waals surface area contributed by atoms with Crippen LogP contribution in [0.15, 0.2) is 91.0 Å². The maximum atomic E-state index is 11.8. The van der Waals surface area contributed by atoms with Gasteiger partial charge < -0.3 is 14.2 Å². The van der Waals surface area contributed by atoms with Crippen LogP contribution < -0.4 is 14.2 Å². The topological polar surface area (TPSA) is 61.8 Å². The van der Waals surface area contributed by atoms with Crippen LogP contribution in [-0.2, 0) is 9.59 Å². The summed E-state index contributed by atoms with van der Waals surface area (Å²) in [6.07, 6.45) is 0. The Morgan fingerprint density at radius 3 is 1.51 bits per heavy atom. The molecule has 3 aromatic rings. The van der Waals surface area contributed by atoms with Gasteiger partial charge in [0.15, 0.2) is 0 Å². The molecule has 0 N–H and O–H groups in total. The van der Waals surface area contributed by atoms with Crippen molar-refractivity contribution in [2.24, 2.45) is 0 Å². The van der Waals surface area contributed by atoms with Gasteiger partial charge in [0.1, 0.15) is 22.8 Å². The second-order valence-electron chi connectivity index (χ2n) is 9.31. The zero-order chi connectivity index (χ0) is 25.8. The first-order valence-electron chi connectivity index (χ1n) is 11.2. The fourth-order valence-electron chi connectivity index (χ4n) is 3.16. The summed E-state index contributed by atoms with van der Waals surface area (Å²) < 4.78 is 16.9. The van der Waals surface area contributed by atoms with Gasteiger partial charge in [-0.3, -0.25) is 0 Å². The Labute approximate surface area is 206 Å². The van der Waals surface area contributed by atoms with Crippen LogP contribution in [0.4, 0.5) is 0 Å². The predicted molar refractivity (Wildman–Crippen MR) is 139 cm³/mol. The highest BCUT2D eigenvalue weighted by Gasteiger charge is 2.17. The van der Waals surface area contributed by atoms with Gasteiger partial charge in [-0.1, -0.05) is 49.6 Å². The number of hydrogen-bond acceptors (Lipinski definition) is 5. The average Bonchev–Trinajstić information content (AvgIpc) is 2.79. The molecule has 0 saturated carbocycles. The number of carbonyl (C=O) groups excluding carboxylic acids is 2. The summed E-state index contributed by atoms with van der Waals surface area (Å²) in [6.45, 7) is 16.4. The largest absolute Gasteiger partial charge is 0.487 e. The molecule has 0 aliphatic heterocycles. The molecule has 0 aliphatic carbocycles. The zero-order valence-corrected chi connectivity index (χ0v) is 20.8. The van der Waals surface area contributed by atoms with E-state index in [4.69, 9.17) is 14.2 Å². The Balaban J connectivity index is 1.92. The van der Waals surface area contributed by atoms with E-state index in [1.165, 1.54) is 0 Å². The minimum atomic E-state index is -0.459. The highest BCUT2D eigenvalue weighted by atomic mass is 16.5. The van der Waals surface area contributed by atoms with Crippen LogP contribution in [0.25, 0.3) is 22.3 Å². The molecule has 35 heavy (non-hydrogen) atoms. The third kappa shape index (κ3) is 6.93. The maximum Gasteiger partial charge on any atom is 0.338 e. The van der Waals surface area contributed by atoms with Crippen molar-refractivity contribution in [2.45, 2.75) is 40.2 Å². The summed E-state index contributed by atoms with van der Waals surface area (Å²) in [6, 6.07) is 20.5. The SMILES string of the molecule is C=C(C)C(=O)Oc1ccc(-c2ccc(-c3ccc(OC(=O)C(=C)C)cc3)c(OC(C)(C)C)c2)cc1. The van der Waals surface area contributed by atoms with Crippen molar-refractivity contribution in [3.63, 3.8) is 0 Å². The molecule has 0 atom stereocenters. The highest BCUT2D eigenvalue weighted by Crippen LogP contribution is 2.37. The quantitative estimate of drug-likeness (QED) is 0.208. The number of carbonyl (C=O) groups is 2. The van der Waals surface area contributed by atoms with E-state index in [-0.39, 0.29) is 0 Å². The molecule has 0 heterocycles. The maximum absolute atomic E-state index is 11.8. The second-order valence-corrected chi connectivity index (χ2v) is 9.31. The van der Waals surface area contributed by atoms with Gasteiger partial charge in [-0.05, 0) is 81.6 Å². The molecule has 0 bridgehead atoms. The predicted octanol–water partition coefficient (Wildman–Crippen LogP) is 7.16. The van der Waals surface area contributed by atoms with Crippen molar-refractivity contribution >= 4 is 11.9 Å². The summed E-state index contributed by atoms with van der Waals surface area (Å²) in [7, 11) is 0. The van der Waals surface area contributed by atoms with Crippen LogP contribution in [0.2, 0.25) is 0 Å². The summed E-state index contributed by atoms with van der Waals surface area (Å²) in [5, 5.41) is 0. The second kappa shape index (κ2) is 10.4. The fraction of sp³-hybridized carbons (Fsp3) is 0.200. The lowest BCUT2D eigenvalue weighted by atomic mass is 9.98. The van der Waals surface area contributed by atoms with Gasteiger partial charge in [0, 0.05) is 16.7 Å². The molecule has 0 amide bonds. The Morgan fingerprint density at radius 1 is 0.657 bits per heavy atom. The third-order valence-electron chi connectivity index (χ3n) is 4.87. The molecule has 180 valence electrons. The first kappa shape index (κ1) is 25.5. The lowest BCUT2D eigenvalue weighted by Crippen LogP contribution is -2.23. The molecule has 0 aromatic heterocycles. The van der Waals surface area contributed by atoms with E-state index in [0.717, 1.165) is 28.0 Å². The Kier molecular flexibility index (Phi) is 7.60. The normalized spacial score (nSPS) is 10.9. The Hall–Kier alpha value is -4.12. The smallest absolute Gasteiger partial charge is 0.338 e. The first-order chi connectivity index (χ1) is 16.4. The van der Waals surface area contributed by atoms with Gasteiger partial charge in [0.25, 0.3) is 0 Å². The van der Waals surface area contributed by atoms with Crippen molar-refractivity contribution < 1.29 is 23.8 Å². The van der Waals surface area contributed by atoms with Crippen LogP contribution in [0.1, 0.15) is 34.6 Å². The molecule has 0 saturated heterocycles. The van der Waals surface area contributed by atoms with Crippen LogP contribution in [0, 0.1) is 0 Å². The van der Waals surface area contributed by atoms with E-state index < -0.39 is 17.5 Å². The molecule has 0 fully saturated rings. The van der Waals surface area contributed by atoms with Crippen LogP contribution in [-0.4, -0.2) is 17.5 Å². The van der Waals surface area contributed by atoms with Gasteiger partial charge in [0.05, 0.1) is 0 Å². The molecule has 0 unspecified atom stereocenters. The summed E-state index contributed by atoms with van der Waals surface area (Å²) in [5.74, 6) is 0.711. The van der Waals surface area contributed by atoms with E-state index in [9.17, 15) is 9.59 Å². The number of ether oxygens (including phenoxy) is 3. The van der Waals surface area contributed by atoms with Crippen molar-refractivity contribution in [3.05, 3.63) is 91.0 Å². The van der Waals surface area contributed by atoms with E-state index in [1.807, 2.05) is 63.2 Å². The van der Waals surface area contributed by atoms with Gasteiger partial charge in [-0.15, -0.1) is 0 Å². The highest BCUT2D eigenvalue weighted by molar-refractivity contribution is 5.89. The average molecular weight is 471 g/mol. The number of rotatable bonds is 7. The van der Waals surface area contributed by atoms with Gasteiger partial charge in [-0.2, -0.15) is 0 Å². The minimum Gasteiger partial charge on any atom is -0.487 e. The molecule has 5 nitrogen and oxygen atoms in total. The molecule has 5 heteroatoms. The van der Waals surface area contributed by atoms with E-state index in [1.54, 1.807) is 38.1 Å². The van der Waals surface area contributed by atoms with Crippen molar-refractivity contribution in [1.82, 2.24) is 0 Å². The Bertz CT molecular complexity index is 1260. The van der Waals surface area contributed by atoms with E-state index in [0.29, 0.717) is 22.6 Å². The molecule has 0 aliphatic rings. The van der Waals surface area contributed by atoms with Crippen molar-refractivity contribution in [3.8, 4) is 39.5 Å². The van der Waals surface area contributed by atoms with Crippen LogP contribution in [0.3, 0.4) is 0 Å². The van der Waals surface area contributed by atoms with E-state index in [2.05, 4.69) is 13.2 Å². The molecular formula is C30H30O5. The summed E-state index contributed by atoms with van der Waals surface area (Å²) in [4.78, 5) is 23.5. The van der Waals surface area contributed by atoms with Crippen molar-refractivity contribution in [1.29, 1.82) is 0 Å². The summed E-state index contributed by atoms with van der Waals surface area (Å²) in [5.41, 5.74) is 4.01. The van der Waals surface area contributed by atoms with Crippen molar-refractivity contribution in [2.75, 3.05) is 0 Å². The first-order valence-corrected chi connectivity index (χ1v) is 11.2. The number of hydrogen-bond donors (Lipinski definition) is 0. The van der Waals surface area contributed by atoms with Gasteiger partial charge in [0.2, 0.25) is 0 Å². The fourth-order valence-corrected chi connectivity index (χ4v) is 3.16.